The van der Waals surface area contributed by atoms with Crippen molar-refractivity contribution in [3.05, 3.63) is 0 Å². The van der Waals surface area contributed by atoms with Gasteiger partial charge in [0.15, 0.2) is 0 Å². The number of methoxy groups -OCH3 is 2. The Labute approximate surface area is 111 Å². The van der Waals surface area contributed by atoms with Crippen molar-refractivity contribution in [3.8, 4) is 0 Å². The van der Waals surface area contributed by atoms with Gasteiger partial charge in [0.05, 0.1) is 14.2 Å². The van der Waals surface area contributed by atoms with E-state index in [-0.39, 0.29) is 18.7 Å². The monoisotopic (exact) mass is 273 g/mol. The lowest BCUT2D eigenvalue weighted by atomic mass is 10.1. The minimum atomic E-state index is -0.860. The van der Waals surface area contributed by atoms with Gasteiger partial charge in [-0.25, -0.2) is 4.79 Å². The van der Waals surface area contributed by atoms with E-state index in [4.69, 9.17) is 4.74 Å². The second-order valence-corrected chi connectivity index (χ2v) is 4.20. The van der Waals surface area contributed by atoms with Gasteiger partial charge in [-0.3, -0.25) is 9.59 Å². The van der Waals surface area contributed by atoms with E-state index in [1.54, 1.807) is 0 Å². The lowest BCUT2D eigenvalue weighted by Gasteiger charge is -2.18. The van der Waals surface area contributed by atoms with E-state index in [0.717, 1.165) is 6.42 Å². The van der Waals surface area contributed by atoms with E-state index in [1.165, 1.54) is 14.2 Å². The molecule has 0 unspecified atom stereocenters. The molecule has 0 radical (unpaired) electrons. The summed E-state index contributed by atoms with van der Waals surface area (Å²) in [5.74, 6) is -1.38. The summed E-state index contributed by atoms with van der Waals surface area (Å²) in [7, 11) is 2.49. The third kappa shape index (κ3) is 4.86. The average Bonchev–Trinajstić information content (AvgIpc) is 2.95. The molecule has 1 heterocycles. The summed E-state index contributed by atoms with van der Waals surface area (Å²) in [4.78, 5) is 34.4. The third-order valence-corrected chi connectivity index (χ3v) is 2.89. The SMILES string of the molecule is COC(=O)CC[C@H](NC(=O)[C@@H]1CCCO1)C(=O)OC. The number of nitrogens with one attached hydrogen (secondary N) is 1. The Morgan fingerprint density at radius 3 is 2.58 bits per heavy atom. The Morgan fingerprint density at radius 2 is 2.05 bits per heavy atom. The zero-order valence-electron chi connectivity index (χ0n) is 11.1. The van der Waals surface area contributed by atoms with Crippen LogP contribution in [-0.2, 0) is 28.6 Å². The molecule has 1 fully saturated rings. The quantitative estimate of drug-likeness (QED) is 0.673. The van der Waals surface area contributed by atoms with Crippen LogP contribution >= 0.6 is 0 Å². The maximum absolute atomic E-state index is 11.8. The number of carbonyl (C=O) groups is 3. The maximum atomic E-state index is 11.8. The number of rotatable bonds is 6. The predicted octanol–water partition coefficient (Wildman–Crippen LogP) is -0.224. The van der Waals surface area contributed by atoms with E-state index < -0.39 is 24.1 Å². The Hall–Kier alpha value is -1.63. The van der Waals surface area contributed by atoms with Crippen molar-refractivity contribution < 1.29 is 28.6 Å². The molecular formula is C12H19NO6. The molecule has 0 spiro atoms. The van der Waals surface area contributed by atoms with Gasteiger partial charge in [-0.1, -0.05) is 0 Å². The molecule has 0 aromatic heterocycles. The predicted molar refractivity (Wildman–Crippen MR) is 64.2 cm³/mol. The highest BCUT2D eigenvalue weighted by Crippen LogP contribution is 2.12. The molecule has 0 aliphatic carbocycles. The number of esters is 2. The maximum Gasteiger partial charge on any atom is 0.328 e. The van der Waals surface area contributed by atoms with Crippen LogP contribution in [-0.4, -0.2) is 50.8 Å². The van der Waals surface area contributed by atoms with Crippen LogP contribution in [0.2, 0.25) is 0 Å². The van der Waals surface area contributed by atoms with Gasteiger partial charge < -0.3 is 19.5 Å². The van der Waals surface area contributed by atoms with Crippen molar-refractivity contribution in [2.75, 3.05) is 20.8 Å². The van der Waals surface area contributed by atoms with E-state index in [1.807, 2.05) is 0 Å². The minimum absolute atomic E-state index is 0.0298. The molecule has 1 amide bonds. The molecule has 1 saturated heterocycles. The summed E-state index contributed by atoms with van der Waals surface area (Å²) in [5, 5.41) is 2.54. The molecule has 1 N–H and O–H groups in total. The molecule has 0 saturated carbocycles. The van der Waals surface area contributed by atoms with Crippen molar-refractivity contribution in [2.24, 2.45) is 0 Å². The molecule has 19 heavy (non-hydrogen) atoms. The van der Waals surface area contributed by atoms with E-state index >= 15 is 0 Å². The third-order valence-electron chi connectivity index (χ3n) is 2.89. The fourth-order valence-electron chi connectivity index (χ4n) is 1.80. The standard InChI is InChI=1S/C12H19NO6/c1-17-10(14)6-5-8(12(16)18-2)13-11(15)9-4-3-7-19-9/h8-9H,3-7H2,1-2H3,(H,13,15)/t8-,9-/m0/s1. The highest BCUT2D eigenvalue weighted by molar-refractivity contribution is 5.87. The van der Waals surface area contributed by atoms with Gasteiger partial charge in [-0.2, -0.15) is 0 Å². The van der Waals surface area contributed by atoms with Gasteiger partial charge in [0.1, 0.15) is 12.1 Å². The summed E-state index contributed by atoms with van der Waals surface area (Å²) in [6, 6.07) is -0.860. The molecule has 108 valence electrons. The smallest absolute Gasteiger partial charge is 0.328 e. The largest absolute Gasteiger partial charge is 0.469 e. The summed E-state index contributed by atoms with van der Waals surface area (Å²) in [6.45, 7) is 0.545. The summed E-state index contributed by atoms with van der Waals surface area (Å²) in [5.41, 5.74) is 0. The molecule has 0 aromatic carbocycles. The van der Waals surface area contributed by atoms with Crippen LogP contribution in [0.25, 0.3) is 0 Å². The lowest BCUT2D eigenvalue weighted by molar-refractivity contribution is -0.147. The van der Waals surface area contributed by atoms with Gasteiger partial charge in [-0.05, 0) is 19.3 Å². The normalized spacial score (nSPS) is 19.6. The fraction of sp³-hybridized carbons (Fsp3) is 0.750. The van der Waals surface area contributed by atoms with Crippen LogP contribution in [0.15, 0.2) is 0 Å². The summed E-state index contributed by atoms with van der Waals surface area (Å²) in [6.07, 6.45) is 1.10. The molecule has 0 aromatic rings. The van der Waals surface area contributed by atoms with Crippen molar-refractivity contribution in [1.82, 2.24) is 5.32 Å². The van der Waals surface area contributed by atoms with E-state index in [2.05, 4.69) is 14.8 Å². The number of ether oxygens (including phenoxy) is 3. The first-order chi connectivity index (χ1) is 9.08. The van der Waals surface area contributed by atoms with Crippen LogP contribution in [0.5, 0.6) is 0 Å². The van der Waals surface area contributed by atoms with Gasteiger partial charge in [0.25, 0.3) is 0 Å². The summed E-state index contributed by atoms with van der Waals surface area (Å²) >= 11 is 0. The molecule has 1 aliphatic heterocycles. The molecule has 2 atom stereocenters. The van der Waals surface area contributed by atoms with Crippen LogP contribution in [0.3, 0.4) is 0 Å². The van der Waals surface area contributed by atoms with Crippen molar-refractivity contribution >= 4 is 17.8 Å². The number of hydrogen-bond acceptors (Lipinski definition) is 6. The first-order valence-corrected chi connectivity index (χ1v) is 6.15. The molecule has 1 rings (SSSR count). The second kappa shape index (κ2) is 7.73. The fourth-order valence-corrected chi connectivity index (χ4v) is 1.80. The molecular weight excluding hydrogens is 254 g/mol. The van der Waals surface area contributed by atoms with Crippen LogP contribution < -0.4 is 5.32 Å². The molecule has 7 heteroatoms. The molecule has 1 aliphatic rings. The highest BCUT2D eigenvalue weighted by Gasteiger charge is 2.29. The number of carbonyl (C=O) groups excluding carboxylic acids is 3. The van der Waals surface area contributed by atoms with E-state index in [9.17, 15) is 14.4 Å². The summed E-state index contributed by atoms with van der Waals surface area (Å²) < 4.78 is 14.3. The average molecular weight is 273 g/mol. The van der Waals surface area contributed by atoms with Crippen molar-refractivity contribution in [2.45, 2.75) is 37.8 Å². The lowest BCUT2D eigenvalue weighted by Crippen LogP contribution is -2.46. The second-order valence-electron chi connectivity index (χ2n) is 4.20. The topological polar surface area (TPSA) is 90.9 Å². The van der Waals surface area contributed by atoms with Gasteiger partial charge in [-0.15, -0.1) is 0 Å². The van der Waals surface area contributed by atoms with E-state index in [0.29, 0.717) is 13.0 Å². The minimum Gasteiger partial charge on any atom is -0.469 e. The van der Waals surface area contributed by atoms with Crippen LogP contribution in [0.1, 0.15) is 25.7 Å². The Kier molecular flexibility index (Phi) is 6.27. The Bertz CT molecular complexity index is 337. The number of amides is 1. The zero-order chi connectivity index (χ0) is 14.3. The van der Waals surface area contributed by atoms with Crippen LogP contribution in [0, 0.1) is 0 Å². The first-order valence-electron chi connectivity index (χ1n) is 6.15. The van der Waals surface area contributed by atoms with Crippen molar-refractivity contribution in [3.63, 3.8) is 0 Å². The van der Waals surface area contributed by atoms with Crippen molar-refractivity contribution in [1.29, 1.82) is 0 Å². The number of hydrogen-bond donors (Lipinski definition) is 1. The first kappa shape index (κ1) is 15.4. The molecule has 7 nitrogen and oxygen atoms in total. The Morgan fingerprint density at radius 1 is 1.32 bits per heavy atom. The van der Waals surface area contributed by atoms with Gasteiger partial charge in [0, 0.05) is 13.0 Å². The van der Waals surface area contributed by atoms with Gasteiger partial charge >= 0.3 is 11.9 Å². The van der Waals surface area contributed by atoms with Crippen LogP contribution in [0.4, 0.5) is 0 Å². The molecule has 0 bridgehead atoms. The van der Waals surface area contributed by atoms with Gasteiger partial charge in [0.2, 0.25) is 5.91 Å². The zero-order valence-corrected chi connectivity index (χ0v) is 11.1. The highest BCUT2D eigenvalue weighted by atomic mass is 16.5. The Balaban J connectivity index is 2.50.